The number of morpholine rings is 1. The average Bonchev–Trinajstić information content (AvgIpc) is 2.48. The number of rotatable bonds is 4. The minimum Gasteiger partial charge on any atom is -0.462 e. The van der Waals surface area contributed by atoms with Crippen LogP contribution in [0.5, 0.6) is 0 Å². The summed E-state index contributed by atoms with van der Waals surface area (Å²) in [4.78, 5) is 14.3. The molecule has 0 aliphatic carbocycles. The first-order valence-corrected chi connectivity index (χ1v) is 7.51. The summed E-state index contributed by atoms with van der Waals surface area (Å²) in [5.41, 5.74) is 7.78. The maximum atomic E-state index is 12.0. The summed E-state index contributed by atoms with van der Waals surface area (Å²) in [5, 5.41) is 0. The third-order valence-electron chi connectivity index (χ3n) is 3.80. The van der Waals surface area contributed by atoms with Crippen molar-refractivity contribution in [1.29, 1.82) is 0 Å². The van der Waals surface area contributed by atoms with Gasteiger partial charge in [0, 0.05) is 17.9 Å². The van der Waals surface area contributed by atoms with E-state index in [1.54, 1.807) is 13.0 Å². The van der Waals surface area contributed by atoms with E-state index in [1.807, 2.05) is 12.1 Å². The number of carbonyl (C=O) groups is 1. The maximum Gasteiger partial charge on any atom is 0.340 e. The Hall–Kier alpha value is -1.75. The van der Waals surface area contributed by atoms with Gasteiger partial charge in [-0.15, -0.1) is 0 Å². The van der Waals surface area contributed by atoms with Gasteiger partial charge >= 0.3 is 5.97 Å². The van der Waals surface area contributed by atoms with Crippen LogP contribution in [0.25, 0.3) is 0 Å². The molecule has 1 aliphatic heterocycles. The molecule has 2 rings (SSSR count). The van der Waals surface area contributed by atoms with Gasteiger partial charge in [-0.05, 0) is 38.5 Å². The fraction of sp³-hybridized carbons (Fsp3) is 0.562. The van der Waals surface area contributed by atoms with Crippen molar-refractivity contribution < 1.29 is 14.3 Å². The second-order valence-corrected chi connectivity index (χ2v) is 5.35. The summed E-state index contributed by atoms with van der Waals surface area (Å²) < 4.78 is 10.8. The van der Waals surface area contributed by atoms with Gasteiger partial charge in [0.05, 0.1) is 30.9 Å². The standard InChI is InChI=1S/C16H24N2O3/c1-4-12-10-21-11(3)9-18(12)13-6-7-15(17)14(8-13)16(19)20-5-2/h6-8,11-12H,4-5,9-10,17H2,1-3H3. The van der Waals surface area contributed by atoms with Crippen molar-refractivity contribution in [3.05, 3.63) is 23.8 Å². The number of hydrogen-bond donors (Lipinski definition) is 1. The summed E-state index contributed by atoms with van der Waals surface area (Å²) in [5.74, 6) is -0.369. The zero-order valence-corrected chi connectivity index (χ0v) is 13.0. The van der Waals surface area contributed by atoms with Gasteiger partial charge in [-0.1, -0.05) is 6.92 Å². The molecule has 0 amide bonds. The number of anilines is 2. The molecule has 2 N–H and O–H groups in total. The van der Waals surface area contributed by atoms with Crippen LogP contribution < -0.4 is 10.6 Å². The zero-order chi connectivity index (χ0) is 15.4. The van der Waals surface area contributed by atoms with Crippen LogP contribution in [0.4, 0.5) is 11.4 Å². The van der Waals surface area contributed by atoms with Gasteiger partial charge in [-0.2, -0.15) is 0 Å². The number of ether oxygens (including phenoxy) is 2. The Bertz CT molecular complexity index is 504. The SMILES string of the molecule is CCOC(=O)c1cc(N2CC(C)OCC2CC)ccc1N. The Morgan fingerprint density at radius 1 is 1.48 bits per heavy atom. The molecule has 1 aromatic carbocycles. The summed E-state index contributed by atoms with van der Waals surface area (Å²) in [7, 11) is 0. The van der Waals surface area contributed by atoms with Crippen LogP contribution in [0, 0.1) is 0 Å². The zero-order valence-electron chi connectivity index (χ0n) is 13.0. The largest absolute Gasteiger partial charge is 0.462 e. The first kappa shape index (κ1) is 15.6. The van der Waals surface area contributed by atoms with Gasteiger partial charge in [0.25, 0.3) is 0 Å². The van der Waals surface area contributed by atoms with Crippen LogP contribution >= 0.6 is 0 Å². The molecule has 2 unspecified atom stereocenters. The Balaban J connectivity index is 2.30. The van der Waals surface area contributed by atoms with Crippen molar-refractivity contribution in [2.45, 2.75) is 39.3 Å². The van der Waals surface area contributed by atoms with Gasteiger partial charge in [0.15, 0.2) is 0 Å². The third-order valence-corrected chi connectivity index (χ3v) is 3.80. The second kappa shape index (κ2) is 6.80. The topological polar surface area (TPSA) is 64.8 Å². The fourth-order valence-electron chi connectivity index (χ4n) is 2.61. The summed E-state index contributed by atoms with van der Waals surface area (Å²) >= 11 is 0. The van der Waals surface area contributed by atoms with Crippen LogP contribution in [-0.4, -0.2) is 37.9 Å². The highest BCUT2D eigenvalue weighted by Gasteiger charge is 2.26. The normalized spacial score (nSPS) is 22.1. The van der Waals surface area contributed by atoms with Crippen molar-refractivity contribution in [1.82, 2.24) is 0 Å². The lowest BCUT2D eigenvalue weighted by Gasteiger charge is -2.40. The molecule has 1 aromatic rings. The second-order valence-electron chi connectivity index (χ2n) is 5.35. The molecule has 0 saturated carbocycles. The van der Waals surface area contributed by atoms with E-state index >= 15 is 0 Å². The van der Waals surface area contributed by atoms with Crippen LogP contribution in [-0.2, 0) is 9.47 Å². The molecule has 116 valence electrons. The van der Waals surface area contributed by atoms with Crippen LogP contribution in [0.15, 0.2) is 18.2 Å². The first-order chi connectivity index (χ1) is 10.1. The van der Waals surface area contributed by atoms with Crippen molar-refractivity contribution >= 4 is 17.3 Å². The first-order valence-electron chi connectivity index (χ1n) is 7.51. The van der Waals surface area contributed by atoms with Gasteiger partial charge in [-0.25, -0.2) is 4.79 Å². The Kier molecular flexibility index (Phi) is 5.07. The minimum absolute atomic E-state index is 0.177. The maximum absolute atomic E-state index is 12.0. The molecular formula is C16H24N2O3. The van der Waals surface area contributed by atoms with Gasteiger partial charge in [0.1, 0.15) is 0 Å². The molecule has 0 aromatic heterocycles. The van der Waals surface area contributed by atoms with Gasteiger partial charge in [0.2, 0.25) is 0 Å². The molecule has 0 radical (unpaired) electrons. The molecule has 2 atom stereocenters. The quantitative estimate of drug-likeness (QED) is 0.682. The Morgan fingerprint density at radius 3 is 2.90 bits per heavy atom. The van der Waals surface area contributed by atoms with E-state index in [4.69, 9.17) is 15.2 Å². The number of benzene rings is 1. The van der Waals surface area contributed by atoms with Crippen LogP contribution in [0.2, 0.25) is 0 Å². The molecule has 1 aliphatic rings. The van der Waals surface area contributed by atoms with E-state index in [2.05, 4.69) is 18.7 Å². The smallest absolute Gasteiger partial charge is 0.340 e. The number of esters is 1. The lowest BCUT2D eigenvalue weighted by Crippen LogP contribution is -2.48. The number of nitrogen functional groups attached to an aromatic ring is 1. The van der Waals surface area contributed by atoms with E-state index in [9.17, 15) is 4.79 Å². The molecule has 5 nitrogen and oxygen atoms in total. The highest BCUT2D eigenvalue weighted by Crippen LogP contribution is 2.27. The molecule has 1 heterocycles. The van der Waals surface area contributed by atoms with E-state index in [0.717, 1.165) is 18.7 Å². The average molecular weight is 292 g/mol. The third kappa shape index (κ3) is 3.47. The van der Waals surface area contributed by atoms with E-state index in [0.29, 0.717) is 30.5 Å². The molecule has 0 bridgehead atoms. The van der Waals surface area contributed by atoms with Crippen molar-refractivity contribution in [3.63, 3.8) is 0 Å². The summed E-state index contributed by atoms with van der Waals surface area (Å²) in [6.07, 6.45) is 1.17. The highest BCUT2D eigenvalue weighted by molar-refractivity contribution is 5.96. The van der Waals surface area contributed by atoms with Crippen molar-refractivity contribution in [2.24, 2.45) is 0 Å². The molecule has 0 spiro atoms. The Morgan fingerprint density at radius 2 is 2.24 bits per heavy atom. The molecule has 5 heteroatoms. The predicted molar refractivity (Wildman–Crippen MR) is 83.6 cm³/mol. The van der Waals surface area contributed by atoms with E-state index < -0.39 is 0 Å². The summed E-state index contributed by atoms with van der Waals surface area (Å²) in [6, 6.07) is 5.88. The molecule has 1 saturated heterocycles. The number of hydrogen-bond acceptors (Lipinski definition) is 5. The van der Waals surface area contributed by atoms with Crippen LogP contribution in [0.1, 0.15) is 37.6 Å². The predicted octanol–water partition coefficient (Wildman–Crippen LogP) is 2.45. The van der Waals surface area contributed by atoms with Gasteiger partial charge < -0.3 is 20.1 Å². The van der Waals surface area contributed by atoms with E-state index in [1.165, 1.54) is 0 Å². The van der Waals surface area contributed by atoms with Gasteiger partial charge in [-0.3, -0.25) is 0 Å². The molecule has 1 fully saturated rings. The monoisotopic (exact) mass is 292 g/mol. The van der Waals surface area contributed by atoms with E-state index in [-0.39, 0.29) is 12.1 Å². The highest BCUT2D eigenvalue weighted by atomic mass is 16.5. The number of carbonyl (C=O) groups excluding carboxylic acids is 1. The Labute approximate surface area is 126 Å². The lowest BCUT2D eigenvalue weighted by atomic mass is 10.1. The van der Waals surface area contributed by atoms with Crippen LogP contribution in [0.3, 0.4) is 0 Å². The van der Waals surface area contributed by atoms with Crippen molar-refractivity contribution in [3.8, 4) is 0 Å². The molecular weight excluding hydrogens is 268 g/mol. The fourth-order valence-corrected chi connectivity index (χ4v) is 2.61. The number of nitrogens with two attached hydrogens (primary N) is 1. The minimum atomic E-state index is -0.369. The number of nitrogens with zero attached hydrogens (tertiary/aromatic N) is 1. The molecule has 21 heavy (non-hydrogen) atoms. The van der Waals surface area contributed by atoms with Crippen molar-refractivity contribution in [2.75, 3.05) is 30.4 Å². The lowest BCUT2D eigenvalue weighted by molar-refractivity contribution is 0.0299. The summed E-state index contributed by atoms with van der Waals surface area (Å²) in [6.45, 7) is 7.84.